The number of primary amides is 1. The Morgan fingerprint density at radius 3 is 2.24 bits per heavy atom. The number of carbonyl (C=O) groups is 4. The van der Waals surface area contributed by atoms with Crippen molar-refractivity contribution in [3.63, 3.8) is 0 Å². The Morgan fingerprint density at radius 2 is 1.70 bits per heavy atom. The zero-order chi connectivity index (χ0) is 23.4. The summed E-state index contributed by atoms with van der Waals surface area (Å²) in [6.07, 6.45) is 2.32. The van der Waals surface area contributed by atoms with Crippen LogP contribution in [0, 0.1) is 0 Å². The van der Waals surface area contributed by atoms with Gasteiger partial charge in [-0.3, -0.25) is 19.3 Å². The van der Waals surface area contributed by atoms with E-state index in [1.54, 1.807) is 0 Å². The predicted molar refractivity (Wildman–Crippen MR) is 122 cm³/mol. The fourth-order valence-electron chi connectivity index (χ4n) is 3.78. The summed E-state index contributed by atoms with van der Waals surface area (Å²) in [5, 5.41) is 2.05. The quantitative estimate of drug-likeness (QED) is 0.266. The summed E-state index contributed by atoms with van der Waals surface area (Å²) < 4.78 is 5.96. The number of ether oxygens (including phenoxy) is 1. The van der Waals surface area contributed by atoms with Crippen LogP contribution in [0.2, 0.25) is 0 Å². The monoisotopic (exact) mass is 463 g/mol. The van der Waals surface area contributed by atoms with E-state index in [1.807, 2.05) is 60.7 Å². The van der Waals surface area contributed by atoms with E-state index in [0.717, 1.165) is 17.2 Å². The fourth-order valence-corrected chi connectivity index (χ4v) is 5.11. The zero-order valence-electron chi connectivity index (χ0n) is 17.4. The lowest BCUT2D eigenvalue weighted by Gasteiger charge is -2.49. The van der Waals surface area contributed by atoms with E-state index in [-0.39, 0.29) is 5.70 Å². The van der Waals surface area contributed by atoms with Crippen molar-refractivity contribution in [2.24, 2.45) is 5.73 Å². The Bertz CT molecular complexity index is 1090. The molecule has 0 unspecified atom stereocenters. The van der Waals surface area contributed by atoms with Gasteiger partial charge in [-0.2, -0.15) is 0 Å². The Kier molecular flexibility index (Phi) is 6.60. The molecule has 168 valence electrons. The van der Waals surface area contributed by atoms with Gasteiger partial charge in [0.05, 0.1) is 0 Å². The minimum atomic E-state index is -0.726. The summed E-state index contributed by atoms with van der Waals surface area (Å²) in [6, 6.07) is 17.8. The maximum Gasteiger partial charge on any atom is 0.356 e. The normalized spacial score (nSPS) is 19.8. The number of nitrogens with two attached hydrogens (primary N) is 1. The van der Waals surface area contributed by atoms with Crippen molar-refractivity contribution in [1.82, 2.24) is 10.2 Å². The molecule has 2 heterocycles. The van der Waals surface area contributed by atoms with Gasteiger partial charge in [-0.25, -0.2) is 4.79 Å². The first-order valence-electron chi connectivity index (χ1n) is 10.2. The lowest BCUT2D eigenvalue weighted by molar-refractivity contribution is -0.154. The van der Waals surface area contributed by atoms with E-state index in [2.05, 4.69) is 5.32 Å². The molecule has 0 saturated carbocycles. The van der Waals surface area contributed by atoms with Crippen molar-refractivity contribution in [1.29, 1.82) is 0 Å². The van der Waals surface area contributed by atoms with Crippen LogP contribution in [0.25, 0.3) is 0 Å². The van der Waals surface area contributed by atoms with E-state index in [0.29, 0.717) is 17.7 Å². The third-order valence-electron chi connectivity index (χ3n) is 5.32. The van der Waals surface area contributed by atoms with Gasteiger partial charge in [0.1, 0.15) is 17.1 Å². The van der Waals surface area contributed by atoms with Crippen LogP contribution in [0.5, 0.6) is 0 Å². The van der Waals surface area contributed by atoms with Gasteiger partial charge >= 0.3 is 5.97 Å². The highest BCUT2D eigenvalue weighted by Crippen LogP contribution is 2.41. The number of fused-ring (bicyclic) bond motifs is 1. The number of β-lactam (4-membered cyclic amide) rings is 1. The van der Waals surface area contributed by atoms with Crippen LogP contribution >= 0.6 is 11.8 Å². The van der Waals surface area contributed by atoms with Gasteiger partial charge in [-0.05, 0) is 16.7 Å². The first-order valence-corrected chi connectivity index (χ1v) is 11.2. The standard InChI is InChI=1S/C24H21N3O5S/c25-18(29)12-11-17-13-33-23-19(26-14-28)22(30)27(23)20(17)24(31)32-21(15-7-3-1-4-8-15)16-9-5-2-6-10-16/h1-12,14,19,21,23H,13H2,(H2,25,29)(H,26,28)/b12-11+/t19-,23-/m1/s1. The number of allylic oxidation sites excluding steroid dienone is 1. The molecule has 1 fully saturated rings. The zero-order valence-corrected chi connectivity index (χ0v) is 18.2. The van der Waals surface area contributed by atoms with Gasteiger partial charge in [-0.1, -0.05) is 66.7 Å². The van der Waals surface area contributed by atoms with Crippen LogP contribution in [0.4, 0.5) is 0 Å². The number of esters is 1. The summed E-state index contributed by atoms with van der Waals surface area (Å²) >= 11 is 1.37. The third kappa shape index (κ3) is 4.54. The maximum atomic E-state index is 13.5. The molecule has 0 spiro atoms. The number of hydrogen-bond acceptors (Lipinski definition) is 6. The van der Waals surface area contributed by atoms with Crippen LogP contribution in [0.15, 0.2) is 84.1 Å². The molecule has 2 aromatic rings. The Balaban J connectivity index is 1.71. The van der Waals surface area contributed by atoms with Crippen molar-refractivity contribution in [2.45, 2.75) is 17.5 Å². The molecule has 2 aromatic carbocycles. The molecule has 3 amide bonds. The van der Waals surface area contributed by atoms with Crippen LogP contribution in [-0.4, -0.2) is 46.3 Å². The molecule has 8 nitrogen and oxygen atoms in total. The molecule has 4 rings (SSSR count). The van der Waals surface area contributed by atoms with Crippen molar-refractivity contribution in [3.8, 4) is 0 Å². The summed E-state index contributed by atoms with van der Waals surface area (Å²) in [5.74, 6) is -1.47. The van der Waals surface area contributed by atoms with Gasteiger partial charge in [-0.15, -0.1) is 11.8 Å². The highest BCUT2D eigenvalue weighted by atomic mass is 32.2. The van der Waals surface area contributed by atoms with Gasteiger partial charge < -0.3 is 15.8 Å². The van der Waals surface area contributed by atoms with Crippen molar-refractivity contribution in [2.75, 3.05) is 5.75 Å². The first kappa shape index (κ1) is 22.3. The van der Waals surface area contributed by atoms with Crippen LogP contribution in [0.1, 0.15) is 17.2 Å². The average Bonchev–Trinajstić information content (AvgIpc) is 2.84. The van der Waals surface area contributed by atoms with E-state index in [9.17, 15) is 19.2 Å². The van der Waals surface area contributed by atoms with Gasteiger partial charge in [0.25, 0.3) is 5.91 Å². The Morgan fingerprint density at radius 1 is 1.09 bits per heavy atom. The fraction of sp³-hybridized carbons (Fsp3) is 0.167. The molecule has 2 aliphatic heterocycles. The van der Waals surface area contributed by atoms with E-state index >= 15 is 0 Å². The summed E-state index contributed by atoms with van der Waals surface area (Å²) in [5.41, 5.74) is 7.25. The minimum absolute atomic E-state index is 0.0436. The predicted octanol–water partition coefficient (Wildman–Crippen LogP) is 1.64. The summed E-state index contributed by atoms with van der Waals surface area (Å²) in [7, 11) is 0. The van der Waals surface area contributed by atoms with E-state index in [4.69, 9.17) is 10.5 Å². The maximum absolute atomic E-state index is 13.5. The first-order chi connectivity index (χ1) is 16.0. The number of rotatable bonds is 8. The summed E-state index contributed by atoms with van der Waals surface area (Å²) in [4.78, 5) is 49.7. The Hall–Kier alpha value is -3.85. The van der Waals surface area contributed by atoms with Crippen LogP contribution in [0.3, 0.4) is 0 Å². The lowest BCUT2D eigenvalue weighted by Crippen LogP contribution is -2.69. The number of carbonyl (C=O) groups excluding carboxylic acids is 4. The van der Waals surface area contributed by atoms with E-state index in [1.165, 1.54) is 22.7 Å². The molecule has 33 heavy (non-hydrogen) atoms. The van der Waals surface area contributed by atoms with Gasteiger partial charge in [0.15, 0.2) is 6.10 Å². The molecule has 3 N–H and O–H groups in total. The molecular formula is C24H21N3O5S. The van der Waals surface area contributed by atoms with Crippen molar-refractivity contribution in [3.05, 3.63) is 95.2 Å². The molecule has 0 aromatic heterocycles. The number of amides is 3. The van der Waals surface area contributed by atoms with Gasteiger partial charge in [0, 0.05) is 11.8 Å². The molecule has 0 aliphatic carbocycles. The molecule has 9 heteroatoms. The largest absolute Gasteiger partial charge is 0.448 e. The number of nitrogens with zero attached hydrogens (tertiary/aromatic N) is 1. The third-order valence-corrected chi connectivity index (χ3v) is 6.62. The van der Waals surface area contributed by atoms with Crippen LogP contribution in [-0.2, 0) is 23.9 Å². The van der Waals surface area contributed by atoms with E-state index < -0.39 is 35.3 Å². The van der Waals surface area contributed by atoms with Gasteiger partial charge in [0.2, 0.25) is 12.3 Å². The summed E-state index contributed by atoms with van der Waals surface area (Å²) in [6.45, 7) is 0. The molecule has 0 radical (unpaired) electrons. The molecular weight excluding hydrogens is 442 g/mol. The second-order valence-electron chi connectivity index (χ2n) is 7.39. The number of thioether (sulfide) groups is 1. The lowest BCUT2D eigenvalue weighted by atomic mass is 10.0. The highest BCUT2D eigenvalue weighted by molar-refractivity contribution is 8.00. The minimum Gasteiger partial charge on any atom is -0.448 e. The number of hydrogen-bond donors (Lipinski definition) is 2. The molecule has 1 saturated heterocycles. The molecule has 2 atom stereocenters. The topological polar surface area (TPSA) is 119 Å². The number of nitrogens with one attached hydrogen (secondary N) is 1. The SMILES string of the molecule is NC(=O)/C=C/C1=C(C(=O)OC(c2ccccc2)c2ccccc2)N2C(=O)[C@@H](NC=O)[C@H]2SC1. The van der Waals surface area contributed by atoms with Crippen molar-refractivity contribution < 1.29 is 23.9 Å². The molecule has 0 bridgehead atoms. The number of benzene rings is 2. The second-order valence-corrected chi connectivity index (χ2v) is 8.49. The van der Waals surface area contributed by atoms with Crippen LogP contribution < -0.4 is 11.1 Å². The smallest absolute Gasteiger partial charge is 0.356 e. The molecule has 2 aliphatic rings. The average molecular weight is 464 g/mol. The second kappa shape index (κ2) is 9.74. The van der Waals surface area contributed by atoms with Crippen molar-refractivity contribution >= 4 is 36.0 Å². The Labute approximate surface area is 194 Å². The highest BCUT2D eigenvalue weighted by Gasteiger charge is 2.53.